The number of nitrogens with zero attached hydrogens (tertiary/aromatic N) is 1. The first kappa shape index (κ1) is 26.7. The van der Waals surface area contributed by atoms with E-state index in [-0.39, 0.29) is 23.9 Å². The zero-order valence-corrected chi connectivity index (χ0v) is 22.8. The molecule has 1 aliphatic heterocycles. The molecule has 2 aliphatic rings. The van der Waals surface area contributed by atoms with Gasteiger partial charge in [-0.3, -0.25) is 0 Å². The molecule has 0 spiro atoms. The number of nitrogens with one attached hydrogen (secondary N) is 1. The second-order valence-electron chi connectivity index (χ2n) is 9.36. The number of pyridine rings is 1. The number of ether oxygens (including phenoxy) is 4. The maximum absolute atomic E-state index is 11.9. The van der Waals surface area contributed by atoms with Gasteiger partial charge >= 0.3 is 11.9 Å². The minimum absolute atomic E-state index is 0.0194. The highest BCUT2D eigenvalue weighted by Gasteiger charge is 2.38. The number of aromatic nitrogens is 1. The summed E-state index contributed by atoms with van der Waals surface area (Å²) in [6, 6.07) is 21.3. The first-order valence-corrected chi connectivity index (χ1v) is 12.8. The predicted molar refractivity (Wildman–Crippen MR) is 153 cm³/mol. The quantitative estimate of drug-likeness (QED) is 0.270. The highest BCUT2D eigenvalue weighted by molar-refractivity contribution is 6.08. The Hall–Kier alpha value is -4.85. The molecule has 0 saturated heterocycles. The zero-order valence-electron chi connectivity index (χ0n) is 22.8. The van der Waals surface area contributed by atoms with Crippen molar-refractivity contribution in [3.05, 3.63) is 101 Å². The molecule has 2 heterocycles. The van der Waals surface area contributed by atoms with E-state index in [2.05, 4.69) is 22.4 Å². The predicted octanol–water partition coefficient (Wildman–Crippen LogP) is 5.47. The van der Waals surface area contributed by atoms with E-state index >= 15 is 0 Å². The summed E-state index contributed by atoms with van der Waals surface area (Å²) < 4.78 is 20.5. The largest absolute Gasteiger partial charge is 0.499 e. The Bertz CT molecular complexity index is 1660. The first-order chi connectivity index (χ1) is 19.5. The third-order valence-electron chi connectivity index (χ3n) is 7.23. The molecule has 1 N–H and O–H groups in total. The van der Waals surface area contributed by atoms with Crippen molar-refractivity contribution in [2.75, 3.05) is 33.8 Å². The van der Waals surface area contributed by atoms with E-state index in [9.17, 15) is 9.59 Å². The van der Waals surface area contributed by atoms with Crippen molar-refractivity contribution < 1.29 is 28.5 Å². The summed E-state index contributed by atoms with van der Waals surface area (Å²) in [5.74, 6) is 0.871. The van der Waals surface area contributed by atoms with E-state index in [4.69, 9.17) is 18.9 Å². The minimum atomic E-state index is -0.380. The molecule has 1 aliphatic carbocycles. The van der Waals surface area contributed by atoms with Crippen LogP contribution in [-0.4, -0.2) is 51.4 Å². The number of anilines is 1. The Morgan fingerprint density at radius 1 is 0.850 bits per heavy atom. The molecule has 6 rings (SSSR count). The van der Waals surface area contributed by atoms with Crippen LogP contribution in [0.5, 0.6) is 5.75 Å². The number of benzene rings is 3. The highest BCUT2D eigenvalue weighted by atomic mass is 16.5. The van der Waals surface area contributed by atoms with Crippen LogP contribution in [-0.2, 0) is 25.4 Å². The second-order valence-corrected chi connectivity index (χ2v) is 9.36. The van der Waals surface area contributed by atoms with E-state index < -0.39 is 0 Å². The molecular formula is C32H30N2O6. The van der Waals surface area contributed by atoms with Gasteiger partial charge in [-0.2, -0.15) is 0 Å². The molecule has 0 saturated carbocycles. The van der Waals surface area contributed by atoms with Crippen LogP contribution in [0.15, 0.2) is 90.2 Å². The lowest BCUT2D eigenvalue weighted by Crippen LogP contribution is -2.41. The molecule has 204 valence electrons. The third kappa shape index (κ3) is 4.96. The Morgan fingerprint density at radius 3 is 2.35 bits per heavy atom. The van der Waals surface area contributed by atoms with Gasteiger partial charge in [0.1, 0.15) is 17.0 Å². The monoisotopic (exact) mass is 538 g/mol. The molecule has 8 nitrogen and oxygen atoms in total. The number of hydrogen-bond donors (Lipinski definition) is 1. The number of esters is 2. The van der Waals surface area contributed by atoms with Crippen molar-refractivity contribution in [2.45, 2.75) is 12.5 Å². The molecule has 0 amide bonds. The summed E-state index contributed by atoms with van der Waals surface area (Å²) in [6.45, 7) is 0. The second kappa shape index (κ2) is 11.5. The van der Waals surface area contributed by atoms with Crippen molar-refractivity contribution in [3.8, 4) is 5.75 Å². The van der Waals surface area contributed by atoms with Crippen LogP contribution in [0.4, 0.5) is 5.69 Å². The van der Waals surface area contributed by atoms with Crippen LogP contribution in [0.3, 0.4) is 0 Å². The Balaban J connectivity index is 0.000000161. The number of carbonyl (C=O) groups is 2. The van der Waals surface area contributed by atoms with Crippen molar-refractivity contribution in [1.82, 2.24) is 4.98 Å². The number of para-hydroxylation sites is 2. The maximum Gasteiger partial charge on any atom is 0.338 e. The van der Waals surface area contributed by atoms with E-state index in [1.165, 1.54) is 19.8 Å². The lowest BCUT2D eigenvalue weighted by Gasteiger charge is -2.37. The minimum Gasteiger partial charge on any atom is -0.499 e. The number of hydrogen-bond acceptors (Lipinski definition) is 8. The van der Waals surface area contributed by atoms with Crippen LogP contribution in [0.1, 0.15) is 15.9 Å². The molecule has 0 radical (unpaired) electrons. The van der Waals surface area contributed by atoms with Gasteiger partial charge in [0.25, 0.3) is 0 Å². The Kier molecular flexibility index (Phi) is 7.68. The van der Waals surface area contributed by atoms with Crippen molar-refractivity contribution in [3.63, 3.8) is 0 Å². The van der Waals surface area contributed by atoms with Crippen LogP contribution < -0.4 is 10.1 Å². The van der Waals surface area contributed by atoms with Gasteiger partial charge < -0.3 is 24.3 Å². The standard InChI is InChI=1S/C16H17NO3.C16H13NO3/c2*1-19-14-8-7-11(16(18)20-2)12-9-10-5-3-4-6-13(10)17-15(12)14/h3-8,12,15,17H,9H2,1-2H3;3-9H,1-2H3. The highest BCUT2D eigenvalue weighted by Crippen LogP contribution is 2.38. The van der Waals surface area contributed by atoms with E-state index in [1.54, 1.807) is 32.4 Å². The average Bonchev–Trinajstić information content (AvgIpc) is 3.01. The topological polar surface area (TPSA) is 96.0 Å². The van der Waals surface area contributed by atoms with Gasteiger partial charge in [0.05, 0.1) is 45.6 Å². The SMILES string of the molecule is COC(=O)C1=CC=C(OC)C2Nc3ccccc3CC12.COC(=O)c1ccc(OC)c2nc3ccccc3cc12. The summed E-state index contributed by atoms with van der Waals surface area (Å²) >= 11 is 0. The van der Waals surface area contributed by atoms with Crippen LogP contribution in [0.25, 0.3) is 21.8 Å². The molecule has 8 heteroatoms. The van der Waals surface area contributed by atoms with Gasteiger partial charge in [0.15, 0.2) is 0 Å². The normalized spacial score (nSPS) is 17.1. The molecule has 0 fully saturated rings. The summed E-state index contributed by atoms with van der Waals surface area (Å²) in [5.41, 5.74) is 5.01. The molecule has 1 aromatic heterocycles. The van der Waals surface area contributed by atoms with Gasteiger partial charge in [-0.15, -0.1) is 0 Å². The molecule has 2 unspecified atom stereocenters. The fourth-order valence-corrected chi connectivity index (χ4v) is 5.24. The van der Waals surface area contributed by atoms with Gasteiger partial charge in [0.2, 0.25) is 0 Å². The fourth-order valence-electron chi connectivity index (χ4n) is 5.24. The van der Waals surface area contributed by atoms with Gasteiger partial charge in [-0.05, 0) is 54.5 Å². The number of methoxy groups -OCH3 is 4. The summed E-state index contributed by atoms with van der Waals surface area (Å²) in [6.07, 6.45) is 4.45. The van der Waals surface area contributed by atoms with Crippen molar-refractivity contribution >= 4 is 39.4 Å². The van der Waals surface area contributed by atoms with Gasteiger partial charge in [-0.25, -0.2) is 14.6 Å². The number of fused-ring (bicyclic) bond motifs is 4. The fraction of sp³-hybridized carbons (Fsp3) is 0.219. The summed E-state index contributed by atoms with van der Waals surface area (Å²) in [5, 5.41) is 5.17. The zero-order chi connectivity index (χ0) is 28.2. The number of rotatable bonds is 4. The maximum atomic E-state index is 11.9. The Morgan fingerprint density at radius 2 is 1.60 bits per heavy atom. The number of carbonyl (C=O) groups excluding carboxylic acids is 2. The van der Waals surface area contributed by atoms with Crippen molar-refractivity contribution in [1.29, 1.82) is 0 Å². The smallest absolute Gasteiger partial charge is 0.338 e. The molecule has 40 heavy (non-hydrogen) atoms. The van der Waals surface area contributed by atoms with Crippen molar-refractivity contribution in [2.24, 2.45) is 5.92 Å². The lowest BCUT2D eigenvalue weighted by atomic mass is 9.78. The Labute approximate surface area is 232 Å². The third-order valence-corrected chi connectivity index (χ3v) is 7.23. The van der Waals surface area contributed by atoms with E-state index in [0.717, 1.165) is 34.2 Å². The molecule has 3 aromatic carbocycles. The van der Waals surface area contributed by atoms with Gasteiger partial charge in [-0.1, -0.05) is 36.4 Å². The molecule has 4 aromatic rings. The summed E-state index contributed by atoms with van der Waals surface area (Å²) in [4.78, 5) is 28.4. The molecule has 0 bridgehead atoms. The molecule has 2 atom stereocenters. The van der Waals surface area contributed by atoms with Crippen LogP contribution in [0.2, 0.25) is 0 Å². The van der Waals surface area contributed by atoms with E-state index in [1.807, 2.05) is 48.5 Å². The van der Waals surface area contributed by atoms with E-state index in [0.29, 0.717) is 22.4 Å². The molecular weight excluding hydrogens is 508 g/mol. The average molecular weight is 539 g/mol. The van der Waals surface area contributed by atoms with Gasteiger partial charge in [0, 0.05) is 28.0 Å². The van der Waals surface area contributed by atoms with Crippen LogP contribution >= 0.6 is 0 Å². The lowest BCUT2D eigenvalue weighted by molar-refractivity contribution is -0.136. The summed E-state index contributed by atoms with van der Waals surface area (Å²) in [7, 11) is 6.02. The first-order valence-electron chi connectivity index (χ1n) is 12.8. The number of allylic oxidation sites excluding steroid dienone is 2. The van der Waals surface area contributed by atoms with Crippen LogP contribution in [0, 0.1) is 5.92 Å².